The number of benzene rings is 1. The summed E-state index contributed by atoms with van der Waals surface area (Å²) in [6, 6.07) is 6.03. The number of aliphatic carboxylic acids is 1. The zero-order valence-electron chi connectivity index (χ0n) is 21.8. The van der Waals surface area contributed by atoms with E-state index in [1.807, 2.05) is 65.8 Å². The van der Waals surface area contributed by atoms with Crippen LogP contribution in [-0.4, -0.2) is 60.0 Å². The van der Waals surface area contributed by atoms with Crippen molar-refractivity contribution >= 4 is 33.7 Å². The number of carbonyl (C=O) groups is 3. The highest BCUT2D eigenvalue weighted by Gasteiger charge is 2.41. The summed E-state index contributed by atoms with van der Waals surface area (Å²) in [5, 5.41) is 15.4. The summed E-state index contributed by atoms with van der Waals surface area (Å²) >= 11 is 3.50. The Kier molecular flexibility index (Phi) is 10.5. The summed E-state index contributed by atoms with van der Waals surface area (Å²) in [6.45, 7) is 13.1. The third-order valence-corrected chi connectivity index (χ3v) is 6.78. The van der Waals surface area contributed by atoms with Crippen molar-refractivity contribution in [1.29, 1.82) is 0 Å². The van der Waals surface area contributed by atoms with Crippen LogP contribution in [0.15, 0.2) is 40.4 Å². The van der Waals surface area contributed by atoms with Crippen LogP contribution in [0.2, 0.25) is 0 Å². The lowest BCUT2D eigenvalue weighted by molar-refractivity contribution is -0.140. The van der Waals surface area contributed by atoms with E-state index >= 15 is 0 Å². The van der Waals surface area contributed by atoms with Crippen molar-refractivity contribution in [2.75, 3.05) is 14.1 Å². The van der Waals surface area contributed by atoms with Crippen LogP contribution in [0, 0.1) is 5.41 Å². The van der Waals surface area contributed by atoms with Crippen LogP contribution in [-0.2, 0) is 19.8 Å². The van der Waals surface area contributed by atoms with Crippen LogP contribution in [0.25, 0.3) is 0 Å². The Morgan fingerprint density at radius 1 is 1.15 bits per heavy atom. The van der Waals surface area contributed by atoms with Gasteiger partial charge in [-0.2, -0.15) is 0 Å². The number of carboxylic acids is 1. The number of nitrogens with zero attached hydrogens (tertiary/aromatic N) is 1. The number of amides is 2. The van der Waals surface area contributed by atoms with Crippen LogP contribution in [0.4, 0.5) is 0 Å². The molecule has 0 radical (unpaired) electrons. The van der Waals surface area contributed by atoms with Crippen LogP contribution in [0.5, 0.6) is 0 Å². The van der Waals surface area contributed by atoms with Gasteiger partial charge in [0.15, 0.2) is 0 Å². The molecule has 1 unspecified atom stereocenters. The highest BCUT2D eigenvalue weighted by Crippen LogP contribution is 2.30. The number of halogens is 1. The smallest absolute Gasteiger partial charge is 0.331 e. The zero-order valence-corrected chi connectivity index (χ0v) is 23.4. The Bertz CT molecular complexity index is 921. The average Bonchev–Trinajstić information content (AvgIpc) is 2.74. The lowest BCUT2D eigenvalue weighted by atomic mass is 9.76. The van der Waals surface area contributed by atoms with Crippen LogP contribution < -0.4 is 10.6 Å². The van der Waals surface area contributed by atoms with Gasteiger partial charge >= 0.3 is 5.97 Å². The molecule has 0 aliphatic carbocycles. The molecule has 1 aromatic rings. The molecule has 3 atom stereocenters. The fourth-order valence-corrected chi connectivity index (χ4v) is 4.38. The summed E-state index contributed by atoms with van der Waals surface area (Å²) in [5.41, 5.74) is 0.0254. The molecule has 0 saturated heterocycles. The quantitative estimate of drug-likeness (QED) is 0.390. The molecule has 1 aromatic carbocycles. The van der Waals surface area contributed by atoms with Gasteiger partial charge in [0.2, 0.25) is 11.8 Å². The lowest BCUT2D eigenvalue weighted by Crippen LogP contribution is -2.61. The number of rotatable bonds is 10. The molecule has 8 heteroatoms. The van der Waals surface area contributed by atoms with Crippen LogP contribution >= 0.6 is 15.9 Å². The van der Waals surface area contributed by atoms with Crippen molar-refractivity contribution in [3.05, 3.63) is 46.0 Å². The van der Waals surface area contributed by atoms with Gasteiger partial charge in [0, 0.05) is 22.5 Å². The Morgan fingerprint density at radius 3 is 2.18 bits per heavy atom. The maximum atomic E-state index is 13.6. The molecule has 0 bridgehead atoms. The van der Waals surface area contributed by atoms with Crippen molar-refractivity contribution in [2.45, 2.75) is 78.4 Å². The van der Waals surface area contributed by atoms with Crippen LogP contribution in [0.1, 0.15) is 60.5 Å². The summed E-state index contributed by atoms with van der Waals surface area (Å²) < 4.78 is 0.924. The van der Waals surface area contributed by atoms with E-state index in [9.17, 15) is 19.5 Å². The average molecular weight is 539 g/mol. The molecule has 0 spiro atoms. The van der Waals surface area contributed by atoms with E-state index in [4.69, 9.17) is 0 Å². The third-order valence-electron chi connectivity index (χ3n) is 6.28. The summed E-state index contributed by atoms with van der Waals surface area (Å²) in [6.07, 6.45) is 2.13. The zero-order chi connectivity index (χ0) is 26.4. The van der Waals surface area contributed by atoms with Gasteiger partial charge in [-0.1, -0.05) is 75.7 Å². The minimum absolute atomic E-state index is 0.175. The van der Waals surface area contributed by atoms with E-state index in [0.717, 1.165) is 10.0 Å². The maximum absolute atomic E-state index is 13.6. The predicted molar refractivity (Wildman–Crippen MR) is 140 cm³/mol. The molecule has 190 valence electrons. The molecule has 0 aromatic heterocycles. The second kappa shape index (κ2) is 12.0. The van der Waals surface area contributed by atoms with Gasteiger partial charge in [-0.15, -0.1) is 0 Å². The molecule has 0 fully saturated rings. The van der Waals surface area contributed by atoms with Gasteiger partial charge < -0.3 is 20.6 Å². The first-order valence-corrected chi connectivity index (χ1v) is 12.3. The monoisotopic (exact) mass is 537 g/mol. The highest BCUT2D eigenvalue weighted by atomic mass is 79.9. The Morgan fingerprint density at radius 2 is 1.74 bits per heavy atom. The van der Waals surface area contributed by atoms with E-state index in [1.54, 1.807) is 20.2 Å². The molecule has 7 nitrogen and oxygen atoms in total. The molecule has 0 aliphatic rings. The molecule has 0 aliphatic heterocycles. The van der Waals surface area contributed by atoms with Crippen molar-refractivity contribution in [2.24, 2.45) is 5.41 Å². The molecule has 1 rings (SSSR count). The van der Waals surface area contributed by atoms with Gasteiger partial charge in [0.25, 0.3) is 0 Å². The van der Waals surface area contributed by atoms with E-state index in [-0.39, 0.29) is 17.4 Å². The predicted octanol–water partition coefficient (Wildman–Crippen LogP) is 4.11. The van der Waals surface area contributed by atoms with Gasteiger partial charge in [-0.05, 0) is 43.5 Å². The normalized spacial score (nSPS) is 15.3. The van der Waals surface area contributed by atoms with E-state index in [0.29, 0.717) is 6.42 Å². The van der Waals surface area contributed by atoms with E-state index < -0.39 is 34.9 Å². The molecule has 34 heavy (non-hydrogen) atoms. The third kappa shape index (κ3) is 7.40. The maximum Gasteiger partial charge on any atom is 0.331 e. The van der Waals surface area contributed by atoms with Crippen molar-refractivity contribution in [3.63, 3.8) is 0 Å². The number of likely N-dealkylation sites (N-methyl/N-ethyl adjacent to an activating group) is 2. The highest BCUT2D eigenvalue weighted by molar-refractivity contribution is 9.10. The lowest BCUT2D eigenvalue weighted by Gasteiger charge is -2.39. The summed E-state index contributed by atoms with van der Waals surface area (Å²) in [7, 11) is 3.38. The van der Waals surface area contributed by atoms with Crippen molar-refractivity contribution in [1.82, 2.24) is 15.5 Å². The fraction of sp³-hybridized carbons (Fsp3) is 0.577. The van der Waals surface area contributed by atoms with Crippen molar-refractivity contribution in [3.8, 4) is 0 Å². The van der Waals surface area contributed by atoms with Gasteiger partial charge in [0.05, 0.1) is 12.1 Å². The number of nitrogens with one attached hydrogen (secondary N) is 2. The molecule has 0 saturated carbocycles. The molecule has 2 amide bonds. The first kappa shape index (κ1) is 29.8. The topological polar surface area (TPSA) is 98.7 Å². The molecular formula is C26H40BrN3O4. The van der Waals surface area contributed by atoms with Crippen molar-refractivity contribution < 1.29 is 19.5 Å². The molecule has 3 N–H and O–H groups in total. The van der Waals surface area contributed by atoms with Gasteiger partial charge in [-0.3, -0.25) is 9.59 Å². The number of carbonyl (C=O) groups excluding carboxylic acids is 2. The second-order valence-electron chi connectivity index (χ2n) is 10.3. The number of carboxylic acid groups (broad SMARTS) is 1. The van der Waals surface area contributed by atoms with E-state index in [1.165, 1.54) is 11.8 Å². The van der Waals surface area contributed by atoms with Crippen LogP contribution in [0.3, 0.4) is 0 Å². The Labute approximate surface area is 212 Å². The first-order chi connectivity index (χ1) is 15.6. The first-order valence-electron chi connectivity index (χ1n) is 11.5. The number of hydrogen-bond acceptors (Lipinski definition) is 4. The molecular weight excluding hydrogens is 498 g/mol. The van der Waals surface area contributed by atoms with Gasteiger partial charge in [-0.25, -0.2) is 4.79 Å². The fourth-order valence-electron chi connectivity index (χ4n) is 3.98. The Balaban J connectivity index is 3.26. The number of hydrogen-bond donors (Lipinski definition) is 3. The minimum atomic E-state index is -1.02. The Hall–Kier alpha value is -2.19. The second-order valence-corrected chi connectivity index (χ2v) is 11.3. The summed E-state index contributed by atoms with van der Waals surface area (Å²) in [4.78, 5) is 39.9. The minimum Gasteiger partial charge on any atom is -0.478 e. The largest absolute Gasteiger partial charge is 0.478 e. The SMILES string of the molecule is CC[C@@H](/C=C(\C)C(=O)O)N(C)C(=O)C(NC(=O)[C@H](NC)C(C)(C)c1cccc(Br)c1)C(C)(C)C. The van der Waals surface area contributed by atoms with Gasteiger partial charge in [0.1, 0.15) is 6.04 Å². The standard InChI is InChI=1S/C26H40BrN3O4/c1-10-19(14-16(2)24(33)34)30(9)23(32)21(25(3,4)5)29-22(31)20(28-8)26(6,7)17-12-11-13-18(27)15-17/h11-15,19-21,28H,10H2,1-9H3,(H,29,31)(H,33,34)/b16-14+/t19-,20-,21?/m0/s1. The summed E-state index contributed by atoms with van der Waals surface area (Å²) in [5.74, 6) is -1.57. The molecule has 0 heterocycles. The van der Waals surface area contributed by atoms with E-state index in [2.05, 4.69) is 26.6 Å².